The van der Waals surface area contributed by atoms with Gasteiger partial charge in [-0.15, -0.1) is 0 Å². The third-order valence-corrected chi connectivity index (χ3v) is 2.92. The summed E-state index contributed by atoms with van der Waals surface area (Å²) in [6.07, 6.45) is 0.657. The van der Waals surface area contributed by atoms with Gasteiger partial charge in [0.1, 0.15) is 6.29 Å². The normalized spacial score (nSPS) is 9.96. The third kappa shape index (κ3) is 3.91. The van der Waals surface area contributed by atoms with E-state index in [1.165, 1.54) is 42.5 Å². The predicted octanol–water partition coefficient (Wildman–Crippen LogP) is 3.03. The minimum absolute atomic E-state index is 0.119. The molecular weight excluding hydrogens is 302 g/mol. The van der Waals surface area contributed by atoms with E-state index in [0.29, 0.717) is 18.5 Å². The molecule has 0 radical (unpaired) electrons. The molecule has 0 aliphatic rings. The highest BCUT2D eigenvalue weighted by atomic mass is 16.6. The lowest BCUT2D eigenvalue weighted by molar-refractivity contribution is -0.384. The molecule has 2 rings (SSSR count). The summed E-state index contributed by atoms with van der Waals surface area (Å²) in [4.78, 5) is 32.9. The van der Waals surface area contributed by atoms with Gasteiger partial charge in [0.2, 0.25) is 0 Å². The summed E-state index contributed by atoms with van der Waals surface area (Å²) in [5.41, 5.74) is 0.438. The van der Waals surface area contributed by atoms with E-state index in [1.54, 1.807) is 6.92 Å². The Morgan fingerprint density at radius 2 is 1.87 bits per heavy atom. The zero-order valence-electron chi connectivity index (χ0n) is 12.2. The van der Waals surface area contributed by atoms with Crippen molar-refractivity contribution in [2.75, 3.05) is 6.61 Å². The van der Waals surface area contributed by atoms with Gasteiger partial charge in [-0.1, -0.05) is 0 Å². The van der Waals surface area contributed by atoms with Gasteiger partial charge in [0.15, 0.2) is 11.5 Å². The lowest BCUT2D eigenvalue weighted by atomic mass is 10.2. The average molecular weight is 315 g/mol. The minimum atomic E-state index is -0.681. The molecule has 0 heterocycles. The molecule has 0 aliphatic carbocycles. The topological polar surface area (TPSA) is 95.7 Å². The second-order valence-electron chi connectivity index (χ2n) is 4.45. The molecule has 0 spiro atoms. The van der Waals surface area contributed by atoms with Gasteiger partial charge in [-0.25, -0.2) is 4.79 Å². The van der Waals surface area contributed by atoms with Crippen LogP contribution in [0.4, 0.5) is 5.69 Å². The fourth-order valence-electron chi connectivity index (χ4n) is 1.83. The van der Waals surface area contributed by atoms with Crippen LogP contribution in [-0.4, -0.2) is 23.8 Å². The van der Waals surface area contributed by atoms with Crippen molar-refractivity contribution in [3.05, 3.63) is 63.7 Å². The molecule has 0 bridgehead atoms. The molecule has 2 aromatic rings. The van der Waals surface area contributed by atoms with Crippen LogP contribution in [0.2, 0.25) is 0 Å². The number of nitro benzene ring substituents is 1. The number of hydrogen-bond donors (Lipinski definition) is 0. The van der Waals surface area contributed by atoms with E-state index in [2.05, 4.69) is 0 Å². The van der Waals surface area contributed by atoms with Gasteiger partial charge in [0.25, 0.3) is 5.69 Å². The number of benzene rings is 2. The van der Waals surface area contributed by atoms with E-state index in [-0.39, 0.29) is 22.7 Å². The summed E-state index contributed by atoms with van der Waals surface area (Å²) >= 11 is 0. The van der Waals surface area contributed by atoms with Gasteiger partial charge in [-0.2, -0.15) is 0 Å². The maximum atomic E-state index is 12.1. The summed E-state index contributed by atoms with van der Waals surface area (Å²) in [6, 6.07) is 9.47. The average Bonchev–Trinajstić information content (AvgIpc) is 2.56. The van der Waals surface area contributed by atoms with Crippen LogP contribution in [0.5, 0.6) is 11.5 Å². The molecule has 0 aliphatic heterocycles. The number of aldehydes is 1. The molecule has 0 fully saturated rings. The maximum Gasteiger partial charge on any atom is 0.343 e. The Morgan fingerprint density at radius 1 is 1.17 bits per heavy atom. The number of ether oxygens (including phenoxy) is 2. The first kappa shape index (κ1) is 16.2. The van der Waals surface area contributed by atoms with Gasteiger partial charge in [0, 0.05) is 17.7 Å². The highest BCUT2D eigenvalue weighted by Gasteiger charge is 2.14. The van der Waals surface area contributed by atoms with Crippen LogP contribution < -0.4 is 9.47 Å². The molecule has 0 unspecified atom stereocenters. The van der Waals surface area contributed by atoms with E-state index < -0.39 is 10.9 Å². The van der Waals surface area contributed by atoms with Crippen LogP contribution in [0.25, 0.3) is 0 Å². The van der Waals surface area contributed by atoms with Crippen molar-refractivity contribution in [1.82, 2.24) is 0 Å². The zero-order chi connectivity index (χ0) is 16.8. The van der Waals surface area contributed by atoms with Gasteiger partial charge >= 0.3 is 5.97 Å². The van der Waals surface area contributed by atoms with Crippen LogP contribution in [-0.2, 0) is 0 Å². The second kappa shape index (κ2) is 7.17. The first-order chi connectivity index (χ1) is 11.0. The van der Waals surface area contributed by atoms with Crippen LogP contribution in [0.3, 0.4) is 0 Å². The fourth-order valence-corrected chi connectivity index (χ4v) is 1.83. The highest BCUT2D eigenvalue weighted by Crippen LogP contribution is 2.29. The number of non-ortho nitro benzene ring substituents is 1. The fraction of sp³-hybridized carbons (Fsp3) is 0.125. The quantitative estimate of drug-likeness (QED) is 0.267. The number of nitrogens with zero attached hydrogens (tertiary/aromatic N) is 1. The van der Waals surface area contributed by atoms with E-state index in [4.69, 9.17) is 9.47 Å². The summed E-state index contributed by atoms with van der Waals surface area (Å²) in [5, 5.41) is 10.6. The Bertz CT molecular complexity index is 739. The van der Waals surface area contributed by atoms with Gasteiger partial charge in [-0.3, -0.25) is 14.9 Å². The van der Waals surface area contributed by atoms with Crippen LogP contribution >= 0.6 is 0 Å². The Labute approximate surface area is 131 Å². The standard InChI is InChI=1S/C16H13NO6/c1-2-22-15-9-11(10-18)3-8-14(15)23-16(19)12-4-6-13(7-5-12)17(20)21/h3-10H,2H2,1H3. The molecule has 0 saturated carbocycles. The summed E-state index contributed by atoms with van der Waals surface area (Å²) in [5.74, 6) is -0.243. The van der Waals surface area contributed by atoms with E-state index >= 15 is 0 Å². The summed E-state index contributed by atoms with van der Waals surface area (Å²) < 4.78 is 10.6. The van der Waals surface area contributed by atoms with Crippen molar-refractivity contribution in [3.63, 3.8) is 0 Å². The largest absolute Gasteiger partial charge is 0.490 e. The minimum Gasteiger partial charge on any atom is -0.490 e. The number of rotatable bonds is 6. The zero-order valence-corrected chi connectivity index (χ0v) is 12.2. The van der Waals surface area contributed by atoms with Crippen molar-refractivity contribution >= 4 is 17.9 Å². The smallest absolute Gasteiger partial charge is 0.343 e. The number of esters is 1. The van der Waals surface area contributed by atoms with Crippen molar-refractivity contribution in [2.24, 2.45) is 0 Å². The van der Waals surface area contributed by atoms with E-state index in [0.717, 1.165) is 0 Å². The lowest BCUT2D eigenvalue weighted by Crippen LogP contribution is -2.10. The van der Waals surface area contributed by atoms with E-state index in [1.807, 2.05) is 0 Å². The molecular formula is C16H13NO6. The Morgan fingerprint density at radius 3 is 2.43 bits per heavy atom. The molecule has 23 heavy (non-hydrogen) atoms. The molecule has 0 saturated heterocycles. The molecule has 118 valence electrons. The van der Waals surface area contributed by atoms with Crippen LogP contribution in [0, 0.1) is 10.1 Å². The SMILES string of the molecule is CCOc1cc(C=O)ccc1OC(=O)c1ccc([N+](=O)[O-])cc1. The highest BCUT2D eigenvalue weighted by molar-refractivity contribution is 5.91. The van der Waals surface area contributed by atoms with Gasteiger partial charge in [0.05, 0.1) is 17.1 Å². The first-order valence-corrected chi connectivity index (χ1v) is 6.73. The number of carbonyl (C=O) groups excluding carboxylic acids is 2. The van der Waals surface area contributed by atoms with Crippen molar-refractivity contribution in [3.8, 4) is 11.5 Å². The molecule has 0 N–H and O–H groups in total. The monoisotopic (exact) mass is 315 g/mol. The van der Waals surface area contributed by atoms with Crippen molar-refractivity contribution in [2.45, 2.75) is 6.92 Å². The lowest BCUT2D eigenvalue weighted by Gasteiger charge is -2.11. The molecule has 0 amide bonds. The van der Waals surface area contributed by atoms with Gasteiger partial charge in [-0.05, 0) is 37.3 Å². The van der Waals surface area contributed by atoms with E-state index in [9.17, 15) is 19.7 Å². The van der Waals surface area contributed by atoms with Crippen LogP contribution in [0.1, 0.15) is 27.6 Å². The summed E-state index contributed by atoms with van der Waals surface area (Å²) in [6.45, 7) is 2.10. The Hall–Kier alpha value is -3.22. The molecule has 0 aromatic heterocycles. The molecule has 2 aromatic carbocycles. The van der Waals surface area contributed by atoms with Crippen molar-refractivity contribution in [1.29, 1.82) is 0 Å². The molecule has 0 atom stereocenters. The number of nitro groups is 1. The van der Waals surface area contributed by atoms with Gasteiger partial charge < -0.3 is 9.47 Å². The number of carbonyl (C=O) groups is 2. The number of hydrogen-bond acceptors (Lipinski definition) is 6. The first-order valence-electron chi connectivity index (χ1n) is 6.73. The van der Waals surface area contributed by atoms with Crippen LogP contribution in [0.15, 0.2) is 42.5 Å². The summed E-state index contributed by atoms with van der Waals surface area (Å²) in [7, 11) is 0. The molecule has 7 heteroatoms. The predicted molar refractivity (Wildman–Crippen MR) is 81.1 cm³/mol. The Kier molecular flexibility index (Phi) is 5.03. The third-order valence-electron chi connectivity index (χ3n) is 2.92. The molecule has 7 nitrogen and oxygen atoms in total. The Balaban J connectivity index is 2.22. The van der Waals surface area contributed by atoms with Crippen molar-refractivity contribution < 1.29 is 24.0 Å². The maximum absolute atomic E-state index is 12.1. The second-order valence-corrected chi connectivity index (χ2v) is 4.45.